The van der Waals surface area contributed by atoms with Crippen LogP contribution in [0.4, 0.5) is 4.79 Å². The van der Waals surface area contributed by atoms with Gasteiger partial charge in [-0.25, -0.2) is 4.79 Å². The first kappa shape index (κ1) is 18.7. The normalized spacial score (nSPS) is 19.0. The summed E-state index contributed by atoms with van der Waals surface area (Å²) in [5, 5.41) is 20.6. The van der Waals surface area contributed by atoms with E-state index in [9.17, 15) is 15.0 Å². The van der Waals surface area contributed by atoms with Gasteiger partial charge in [0.2, 0.25) is 0 Å². The molecule has 2 rings (SSSR count). The summed E-state index contributed by atoms with van der Waals surface area (Å²) in [6.45, 7) is 6.48. The fourth-order valence-electron chi connectivity index (χ4n) is 3.11. The van der Waals surface area contributed by atoms with Crippen LogP contribution >= 0.6 is 0 Å². The molecule has 0 spiro atoms. The molecule has 1 atom stereocenters. The van der Waals surface area contributed by atoms with Crippen molar-refractivity contribution in [3.05, 3.63) is 35.9 Å². The molecule has 0 aliphatic carbocycles. The first-order valence-corrected chi connectivity index (χ1v) is 8.58. The molecule has 0 saturated carbocycles. The molecule has 1 aliphatic rings. The van der Waals surface area contributed by atoms with E-state index in [4.69, 9.17) is 4.74 Å². The molecule has 1 aromatic rings. The van der Waals surface area contributed by atoms with Crippen molar-refractivity contribution in [1.82, 2.24) is 4.90 Å². The Labute approximate surface area is 144 Å². The molecule has 134 valence electrons. The van der Waals surface area contributed by atoms with Gasteiger partial charge in [0.15, 0.2) is 0 Å². The number of nitrogens with zero attached hydrogens (tertiary/aromatic N) is 1. The highest BCUT2D eigenvalue weighted by molar-refractivity contribution is 5.68. The summed E-state index contributed by atoms with van der Waals surface area (Å²) < 4.78 is 5.38. The molecule has 1 aromatic carbocycles. The lowest BCUT2D eigenvalue weighted by Crippen LogP contribution is -2.48. The zero-order valence-corrected chi connectivity index (χ0v) is 14.9. The number of aliphatic hydroxyl groups is 2. The lowest BCUT2D eigenvalue weighted by atomic mass is 9.80. The SMILES string of the molecule is CC(C)(C)OC(=O)N1CCC(O)(CC(CO)c2ccccc2)CC1. The number of likely N-dealkylation sites (tertiary alicyclic amines) is 1. The first-order valence-electron chi connectivity index (χ1n) is 8.58. The van der Waals surface area contributed by atoms with Gasteiger partial charge in [0.25, 0.3) is 0 Å². The summed E-state index contributed by atoms with van der Waals surface area (Å²) in [6, 6.07) is 9.76. The average Bonchev–Trinajstić information content (AvgIpc) is 2.52. The van der Waals surface area contributed by atoms with Crippen LogP contribution in [0, 0.1) is 0 Å². The molecule has 1 aliphatic heterocycles. The average molecular weight is 335 g/mol. The summed E-state index contributed by atoms with van der Waals surface area (Å²) in [5.74, 6) is -0.0933. The van der Waals surface area contributed by atoms with E-state index in [0.29, 0.717) is 32.4 Å². The van der Waals surface area contributed by atoms with Crippen LogP contribution in [-0.4, -0.2) is 52.1 Å². The molecular formula is C19H29NO4. The second kappa shape index (κ2) is 7.53. The summed E-state index contributed by atoms with van der Waals surface area (Å²) in [7, 11) is 0. The predicted molar refractivity (Wildman–Crippen MR) is 92.9 cm³/mol. The summed E-state index contributed by atoms with van der Waals surface area (Å²) >= 11 is 0. The van der Waals surface area contributed by atoms with Crippen LogP contribution in [0.3, 0.4) is 0 Å². The summed E-state index contributed by atoms with van der Waals surface area (Å²) in [4.78, 5) is 13.8. The third kappa shape index (κ3) is 5.21. The molecule has 1 saturated heterocycles. The molecule has 1 amide bonds. The Bertz CT molecular complexity index is 530. The Morgan fingerprint density at radius 2 is 1.83 bits per heavy atom. The van der Waals surface area contributed by atoms with Crippen LogP contribution in [0.25, 0.3) is 0 Å². The topological polar surface area (TPSA) is 70.0 Å². The van der Waals surface area contributed by atoms with Gasteiger partial charge < -0.3 is 19.8 Å². The van der Waals surface area contributed by atoms with Crippen LogP contribution < -0.4 is 0 Å². The maximum absolute atomic E-state index is 12.1. The number of benzene rings is 1. The van der Waals surface area contributed by atoms with E-state index in [1.165, 1.54) is 0 Å². The Balaban J connectivity index is 1.93. The monoisotopic (exact) mass is 335 g/mol. The lowest BCUT2D eigenvalue weighted by Gasteiger charge is -2.40. The van der Waals surface area contributed by atoms with Gasteiger partial charge in [0.1, 0.15) is 5.60 Å². The van der Waals surface area contributed by atoms with Crippen molar-refractivity contribution < 1.29 is 19.7 Å². The standard InChI is InChI=1S/C19H29NO4/c1-18(2,3)24-17(22)20-11-9-19(23,10-12-20)13-16(14-21)15-7-5-4-6-8-15/h4-8,16,21,23H,9-14H2,1-3H3. The molecule has 0 bridgehead atoms. The minimum absolute atomic E-state index is 0.00209. The number of carbonyl (C=O) groups excluding carboxylic acids is 1. The third-order valence-electron chi connectivity index (χ3n) is 4.46. The number of hydrogen-bond donors (Lipinski definition) is 2. The largest absolute Gasteiger partial charge is 0.444 e. The highest BCUT2D eigenvalue weighted by atomic mass is 16.6. The third-order valence-corrected chi connectivity index (χ3v) is 4.46. The van der Waals surface area contributed by atoms with Gasteiger partial charge in [-0.05, 0) is 45.6 Å². The Morgan fingerprint density at radius 1 is 1.25 bits per heavy atom. The van der Waals surface area contributed by atoms with E-state index in [-0.39, 0.29) is 18.6 Å². The highest BCUT2D eigenvalue weighted by Crippen LogP contribution is 2.33. The van der Waals surface area contributed by atoms with Crippen molar-refractivity contribution in [2.45, 2.75) is 57.2 Å². The van der Waals surface area contributed by atoms with E-state index >= 15 is 0 Å². The van der Waals surface area contributed by atoms with Gasteiger partial charge in [-0.1, -0.05) is 30.3 Å². The van der Waals surface area contributed by atoms with E-state index < -0.39 is 11.2 Å². The number of carbonyl (C=O) groups is 1. The van der Waals surface area contributed by atoms with Crippen LogP contribution in [0.5, 0.6) is 0 Å². The minimum Gasteiger partial charge on any atom is -0.444 e. The summed E-state index contributed by atoms with van der Waals surface area (Å²) in [6.07, 6.45) is 1.16. The van der Waals surface area contributed by atoms with Gasteiger partial charge in [-0.15, -0.1) is 0 Å². The zero-order chi connectivity index (χ0) is 17.8. The molecule has 24 heavy (non-hydrogen) atoms. The van der Waals surface area contributed by atoms with Crippen molar-refractivity contribution in [3.63, 3.8) is 0 Å². The van der Waals surface area contributed by atoms with Crippen molar-refractivity contribution >= 4 is 6.09 Å². The number of rotatable bonds is 4. The molecular weight excluding hydrogens is 306 g/mol. The second-order valence-corrected chi connectivity index (χ2v) is 7.69. The number of amides is 1. The first-order chi connectivity index (χ1) is 11.2. The van der Waals surface area contributed by atoms with Crippen LogP contribution in [-0.2, 0) is 4.74 Å². The van der Waals surface area contributed by atoms with E-state index in [1.807, 2.05) is 51.1 Å². The highest BCUT2D eigenvalue weighted by Gasteiger charge is 2.37. The van der Waals surface area contributed by atoms with E-state index in [0.717, 1.165) is 5.56 Å². The van der Waals surface area contributed by atoms with Crippen molar-refractivity contribution in [2.24, 2.45) is 0 Å². The predicted octanol–water partition coefficient (Wildman–Crippen LogP) is 2.91. The van der Waals surface area contributed by atoms with E-state index in [1.54, 1.807) is 4.90 Å². The molecule has 1 fully saturated rings. The Hall–Kier alpha value is -1.59. The molecule has 1 heterocycles. The fraction of sp³-hybridized carbons (Fsp3) is 0.632. The van der Waals surface area contributed by atoms with Crippen LogP contribution in [0.2, 0.25) is 0 Å². The van der Waals surface area contributed by atoms with Crippen LogP contribution in [0.1, 0.15) is 51.5 Å². The number of hydrogen-bond acceptors (Lipinski definition) is 4. The number of ether oxygens (including phenoxy) is 1. The molecule has 5 nitrogen and oxygen atoms in total. The Morgan fingerprint density at radius 3 is 2.33 bits per heavy atom. The minimum atomic E-state index is -0.859. The molecule has 1 unspecified atom stereocenters. The van der Waals surface area contributed by atoms with Gasteiger partial charge in [-0.3, -0.25) is 0 Å². The molecule has 0 aromatic heterocycles. The lowest BCUT2D eigenvalue weighted by molar-refractivity contribution is -0.0428. The van der Waals surface area contributed by atoms with Gasteiger partial charge in [-0.2, -0.15) is 0 Å². The quantitative estimate of drug-likeness (QED) is 0.887. The van der Waals surface area contributed by atoms with Gasteiger partial charge in [0.05, 0.1) is 12.2 Å². The van der Waals surface area contributed by atoms with Crippen molar-refractivity contribution in [1.29, 1.82) is 0 Å². The zero-order valence-electron chi connectivity index (χ0n) is 14.9. The van der Waals surface area contributed by atoms with Gasteiger partial charge in [0, 0.05) is 19.0 Å². The van der Waals surface area contributed by atoms with E-state index in [2.05, 4.69) is 0 Å². The maximum atomic E-state index is 12.1. The number of aliphatic hydroxyl groups excluding tert-OH is 1. The summed E-state index contributed by atoms with van der Waals surface area (Å²) in [5.41, 5.74) is -0.343. The van der Waals surface area contributed by atoms with Crippen molar-refractivity contribution in [2.75, 3.05) is 19.7 Å². The van der Waals surface area contributed by atoms with Crippen LogP contribution in [0.15, 0.2) is 30.3 Å². The second-order valence-electron chi connectivity index (χ2n) is 7.69. The molecule has 2 N–H and O–H groups in total. The molecule has 0 radical (unpaired) electrons. The molecule has 5 heteroatoms. The Kier molecular flexibility index (Phi) is 5.88. The van der Waals surface area contributed by atoms with Crippen molar-refractivity contribution in [3.8, 4) is 0 Å². The maximum Gasteiger partial charge on any atom is 0.410 e. The smallest absolute Gasteiger partial charge is 0.410 e. The fourth-order valence-corrected chi connectivity index (χ4v) is 3.11. The van der Waals surface area contributed by atoms with Gasteiger partial charge >= 0.3 is 6.09 Å². The number of piperidine rings is 1.